The summed E-state index contributed by atoms with van der Waals surface area (Å²) in [4.78, 5) is 3.77. The zero-order valence-electron chi connectivity index (χ0n) is 3.14. The van der Waals surface area contributed by atoms with Crippen molar-refractivity contribution in [3.8, 4) is 0 Å². The van der Waals surface area contributed by atoms with E-state index in [1.54, 1.807) is 5.55 Å². The highest BCUT2D eigenvalue weighted by atomic mass is 32.2. The monoisotopic (exact) mass is 100 g/mol. The summed E-state index contributed by atoms with van der Waals surface area (Å²) in [6.45, 7) is 3.52. The van der Waals surface area contributed by atoms with Crippen LogP contribution in [0.5, 0.6) is 0 Å². The highest BCUT2D eigenvalue weighted by Gasteiger charge is 1.91. The van der Waals surface area contributed by atoms with Crippen LogP contribution in [0.1, 0.15) is 0 Å². The van der Waals surface area contributed by atoms with Gasteiger partial charge in [0.05, 0.1) is 5.55 Å². The molecule has 3 heteroatoms. The first kappa shape index (κ1) is 3.74. The molecule has 1 N–H and O–H groups in total. The number of aliphatic imine (C=N–C) groups is 1. The van der Waals surface area contributed by atoms with E-state index in [-0.39, 0.29) is 0 Å². The van der Waals surface area contributed by atoms with E-state index in [1.807, 2.05) is 0 Å². The summed E-state index contributed by atoms with van der Waals surface area (Å²) in [6, 6.07) is 0. The molecule has 0 saturated carbocycles. The van der Waals surface area contributed by atoms with Crippen LogP contribution in [-0.2, 0) is 0 Å². The van der Waals surface area contributed by atoms with Crippen molar-refractivity contribution >= 4 is 17.5 Å². The third-order valence-corrected chi connectivity index (χ3v) is 1.00. The van der Waals surface area contributed by atoms with E-state index in [9.17, 15) is 0 Å². The molecular formula is C3H4N2S. The van der Waals surface area contributed by atoms with E-state index >= 15 is 0 Å². The van der Waals surface area contributed by atoms with Crippen molar-refractivity contribution in [1.29, 1.82) is 0 Å². The molecule has 0 amide bonds. The van der Waals surface area contributed by atoms with Gasteiger partial charge in [-0.1, -0.05) is 6.58 Å². The number of hydrogen-bond acceptors (Lipinski definition) is 3. The molecule has 6 heavy (non-hydrogen) atoms. The average molecular weight is 100 g/mol. The molecule has 2 nitrogen and oxygen atoms in total. The number of rotatable bonds is 0. The van der Waals surface area contributed by atoms with Gasteiger partial charge >= 0.3 is 0 Å². The maximum absolute atomic E-state index is 3.77. The largest absolute Gasteiger partial charge is 0.310 e. The second kappa shape index (κ2) is 1.34. The number of hydrogen-bond donors (Lipinski definition) is 1. The quantitative estimate of drug-likeness (QED) is 0.454. The lowest BCUT2D eigenvalue weighted by atomic mass is 10.9. The van der Waals surface area contributed by atoms with Crippen LogP contribution in [-0.4, -0.2) is 5.55 Å². The van der Waals surface area contributed by atoms with E-state index in [2.05, 4.69) is 16.3 Å². The Kier molecular flexibility index (Phi) is 0.837. The van der Waals surface area contributed by atoms with Crippen molar-refractivity contribution in [2.75, 3.05) is 0 Å². The molecule has 0 unspecified atom stereocenters. The molecular weight excluding hydrogens is 96.1 g/mol. The van der Waals surface area contributed by atoms with Crippen LogP contribution in [0.3, 0.4) is 0 Å². The Labute approximate surface area is 40.5 Å². The van der Waals surface area contributed by atoms with Gasteiger partial charge in [0, 0.05) is 0 Å². The van der Waals surface area contributed by atoms with Crippen LogP contribution in [0.15, 0.2) is 17.4 Å². The Morgan fingerprint density at radius 3 is 3.00 bits per heavy atom. The third-order valence-electron chi connectivity index (χ3n) is 0.438. The lowest BCUT2D eigenvalue weighted by Crippen LogP contribution is -1.89. The molecule has 0 spiro atoms. The normalized spacial score (nSPS) is 18.3. The molecule has 0 bridgehead atoms. The first-order valence-corrected chi connectivity index (χ1v) is 2.40. The summed E-state index contributed by atoms with van der Waals surface area (Å²) in [5.74, 6) is 0.736. The highest BCUT2D eigenvalue weighted by Crippen LogP contribution is 2.02. The highest BCUT2D eigenvalue weighted by molar-refractivity contribution is 8.10. The fourth-order valence-corrected chi connectivity index (χ4v) is 0.632. The van der Waals surface area contributed by atoms with Gasteiger partial charge in [-0.15, -0.1) is 0 Å². The van der Waals surface area contributed by atoms with Crippen LogP contribution in [0.2, 0.25) is 0 Å². The molecule has 0 fully saturated rings. The van der Waals surface area contributed by atoms with Gasteiger partial charge in [0.15, 0.2) is 0 Å². The van der Waals surface area contributed by atoms with E-state index in [4.69, 9.17) is 0 Å². The minimum absolute atomic E-state index is 0.736. The van der Waals surface area contributed by atoms with Crippen LogP contribution in [0, 0.1) is 0 Å². The molecule has 0 aliphatic carbocycles. The summed E-state index contributed by atoms with van der Waals surface area (Å²) in [7, 11) is 0. The van der Waals surface area contributed by atoms with Crippen molar-refractivity contribution in [2.45, 2.75) is 0 Å². The van der Waals surface area contributed by atoms with Crippen LogP contribution >= 0.6 is 11.9 Å². The smallest absolute Gasteiger partial charge is 0.129 e. The predicted octanol–water partition coefficient (Wildman–Crippen LogP) is 0.737. The molecule has 0 aromatic heterocycles. The summed E-state index contributed by atoms with van der Waals surface area (Å²) in [5.41, 5.74) is 1.71. The molecule has 0 saturated heterocycles. The Balaban J connectivity index is 2.59. The topological polar surface area (TPSA) is 24.4 Å². The lowest BCUT2D eigenvalue weighted by molar-refractivity contribution is 1.20. The van der Waals surface area contributed by atoms with Gasteiger partial charge < -0.3 is 4.72 Å². The Morgan fingerprint density at radius 2 is 2.83 bits per heavy atom. The maximum atomic E-state index is 3.77. The SMILES string of the molecule is C=C1N=CSN1. The average Bonchev–Trinajstić information content (AvgIpc) is 1.86. The second-order valence-electron chi connectivity index (χ2n) is 0.901. The zero-order valence-corrected chi connectivity index (χ0v) is 3.96. The van der Waals surface area contributed by atoms with E-state index in [0.717, 1.165) is 5.82 Å². The van der Waals surface area contributed by atoms with Gasteiger partial charge in [0.1, 0.15) is 5.82 Å². The lowest BCUT2D eigenvalue weighted by Gasteiger charge is -1.83. The van der Waals surface area contributed by atoms with Crippen molar-refractivity contribution < 1.29 is 0 Å². The van der Waals surface area contributed by atoms with E-state index in [1.165, 1.54) is 11.9 Å². The molecule has 0 atom stereocenters. The fourth-order valence-electron chi connectivity index (χ4n) is 0.211. The van der Waals surface area contributed by atoms with Gasteiger partial charge in [-0.2, -0.15) is 0 Å². The second-order valence-corrected chi connectivity index (χ2v) is 1.55. The molecule has 32 valence electrons. The maximum Gasteiger partial charge on any atom is 0.129 e. The predicted molar refractivity (Wildman–Crippen MR) is 28.4 cm³/mol. The summed E-state index contributed by atoms with van der Waals surface area (Å²) < 4.78 is 2.82. The molecule has 0 aromatic rings. The van der Waals surface area contributed by atoms with Gasteiger partial charge in [0.25, 0.3) is 0 Å². The first-order valence-electron chi connectivity index (χ1n) is 1.53. The number of nitrogens with one attached hydrogen (secondary N) is 1. The summed E-state index contributed by atoms with van der Waals surface area (Å²) in [6.07, 6.45) is 0. The Morgan fingerprint density at radius 1 is 2.00 bits per heavy atom. The standard InChI is InChI=1S/C3H4N2S/c1-3-4-2-6-5-3/h2,5H,1H2. The first-order chi connectivity index (χ1) is 2.89. The van der Waals surface area contributed by atoms with Gasteiger partial charge in [-0.3, -0.25) is 0 Å². The van der Waals surface area contributed by atoms with Crippen LogP contribution in [0.25, 0.3) is 0 Å². The van der Waals surface area contributed by atoms with Crippen molar-refractivity contribution in [3.63, 3.8) is 0 Å². The zero-order chi connectivity index (χ0) is 4.41. The van der Waals surface area contributed by atoms with E-state index < -0.39 is 0 Å². The molecule has 1 aliphatic rings. The van der Waals surface area contributed by atoms with Gasteiger partial charge in [-0.25, -0.2) is 4.99 Å². The fraction of sp³-hybridized carbons (Fsp3) is 0. The molecule has 0 aromatic carbocycles. The minimum atomic E-state index is 0.736. The minimum Gasteiger partial charge on any atom is -0.310 e. The Hall–Kier alpha value is -0.440. The summed E-state index contributed by atoms with van der Waals surface area (Å²) in [5, 5.41) is 0. The Bertz CT molecular complexity index is 97.0. The molecule has 1 heterocycles. The third kappa shape index (κ3) is 0.542. The van der Waals surface area contributed by atoms with Crippen molar-refractivity contribution in [2.24, 2.45) is 4.99 Å². The summed E-state index contributed by atoms with van der Waals surface area (Å²) >= 11 is 1.44. The number of nitrogens with zero attached hydrogens (tertiary/aromatic N) is 1. The van der Waals surface area contributed by atoms with E-state index in [0.29, 0.717) is 0 Å². The van der Waals surface area contributed by atoms with Crippen molar-refractivity contribution in [1.82, 2.24) is 4.72 Å². The molecule has 1 aliphatic heterocycles. The molecule has 1 rings (SSSR count). The van der Waals surface area contributed by atoms with Crippen molar-refractivity contribution in [3.05, 3.63) is 12.4 Å². The van der Waals surface area contributed by atoms with Gasteiger partial charge in [0.2, 0.25) is 0 Å². The van der Waals surface area contributed by atoms with Crippen LogP contribution in [0.4, 0.5) is 0 Å². The van der Waals surface area contributed by atoms with Gasteiger partial charge in [-0.05, 0) is 11.9 Å². The van der Waals surface area contributed by atoms with Crippen LogP contribution < -0.4 is 4.72 Å². The molecule has 0 radical (unpaired) electrons.